The average molecular weight is 197 g/mol. The third-order valence-corrected chi connectivity index (χ3v) is 3.64. The van der Waals surface area contributed by atoms with E-state index in [9.17, 15) is 4.39 Å². The zero-order valence-corrected chi connectivity index (χ0v) is 8.35. The Morgan fingerprint density at radius 3 is 2.85 bits per heavy atom. The largest absolute Gasteiger partial charge is 0.290 e. The SMILES string of the molecule is CN1CCSC1c1ccccc1F. The Balaban J connectivity index is 2.29. The lowest BCUT2D eigenvalue weighted by Crippen LogP contribution is -2.17. The molecule has 0 aromatic heterocycles. The van der Waals surface area contributed by atoms with E-state index in [0.717, 1.165) is 17.9 Å². The van der Waals surface area contributed by atoms with Gasteiger partial charge in [-0.15, -0.1) is 11.8 Å². The predicted octanol–water partition coefficient (Wildman–Crippen LogP) is 2.50. The normalized spacial score (nSPS) is 23.7. The van der Waals surface area contributed by atoms with Crippen LogP contribution in [0.1, 0.15) is 10.9 Å². The second kappa shape index (κ2) is 3.68. The van der Waals surface area contributed by atoms with Crippen LogP contribution in [0, 0.1) is 5.82 Å². The highest BCUT2D eigenvalue weighted by atomic mass is 32.2. The molecule has 0 radical (unpaired) electrons. The summed E-state index contributed by atoms with van der Waals surface area (Å²) in [5, 5.41) is 0.209. The second-order valence-electron chi connectivity index (χ2n) is 3.23. The molecule has 1 aliphatic rings. The predicted molar refractivity (Wildman–Crippen MR) is 54.2 cm³/mol. The lowest BCUT2D eigenvalue weighted by atomic mass is 10.2. The maximum Gasteiger partial charge on any atom is 0.128 e. The third-order valence-electron chi connectivity index (χ3n) is 2.29. The van der Waals surface area contributed by atoms with Crippen LogP contribution in [-0.4, -0.2) is 24.2 Å². The molecule has 13 heavy (non-hydrogen) atoms. The summed E-state index contributed by atoms with van der Waals surface area (Å²) in [4.78, 5) is 2.18. The highest BCUT2D eigenvalue weighted by Gasteiger charge is 2.25. The zero-order valence-electron chi connectivity index (χ0n) is 7.53. The molecule has 0 spiro atoms. The van der Waals surface area contributed by atoms with Crippen molar-refractivity contribution in [2.24, 2.45) is 0 Å². The number of hydrogen-bond acceptors (Lipinski definition) is 2. The molecule has 0 bridgehead atoms. The molecule has 3 heteroatoms. The fourth-order valence-electron chi connectivity index (χ4n) is 1.56. The van der Waals surface area contributed by atoms with Gasteiger partial charge in [-0.05, 0) is 13.1 Å². The molecule has 2 rings (SSSR count). The Morgan fingerprint density at radius 2 is 2.23 bits per heavy atom. The number of thioether (sulfide) groups is 1. The van der Waals surface area contributed by atoms with Crippen molar-refractivity contribution in [1.82, 2.24) is 4.90 Å². The topological polar surface area (TPSA) is 3.24 Å². The van der Waals surface area contributed by atoms with Gasteiger partial charge in [-0.3, -0.25) is 4.90 Å². The highest BCUT2D eigenvalue weighted by Crippen LogP contribution is 2.37. The Labute approximate surface area is 81.9 Å². The highest BCUT2D eigenvalue weighted by molar-refractivity contribution is 7.99. The van der Waals surface area contributed by atoms with Gasteiger partial charge in [0.15, 0.2) is 0 Å². The molecular formula is C10H12FNS. The molecule has 1 fully saturated rings. The molecule has 1 heterocycles. The van der Waals surface area contributed by atoms with Crippen molar-refractivity contribution in [2.75, 3.05) is 19.3 Å². The van der Waals surface area contributed by atoms with Gasteiger partial charge in [0.05, 0.1) is 5.37 Å². The number of rotatable bonds is 1. The molecular weight excluding hydrogens is 185 g/mol. The van der Waals surface area contributed by atoms with E-state index in [1.165, 1.54) is 6.07 Å². The lowest BCUT2D eigenvalue weighted by Gasteiger charge is -2.18. The molecule has 0 N–H and O–H groups in total. The number of hydrogen-bond donors (Lipinski definition) is 0. The van der Waals surface area contributed by atoms with E-state index in [0.29, 0.717) is 0 Å². The number of halogens is 1. The zero-order chi connectivity index (χ0) is 9.26. The fourth-order valence-corrected chi connectivity index (χ4v) is 2.90. The molecule has 70 valence electrons. The maximum atomic E-state index is 13.4. The van der Waals surface area contributed by atoms with Gasteiger partial charge in [-0.25, -0.2) is 4.39 Å². The minimum Gasteiger partial charge on any atom is -0.290 e. The van der Waals surface area contributed by atoms with Crippen molar-refractivity contribution in [3.8, 4) is 0 Å². The van der Waals surface area contributed by atoms with Crippen molar-refractivity contribution in [2.45, 2.75) is 5.37 Å². The summed E-state index contributed by atoms with van der Waals surface area (Å²) in [5.74, 6) is 1.00. The van der Waals surface area contributed by atoms with E-state index in [4.69, 9.17) is 0 Å². The maximum absolute atomic E-state index is 13.4. The first-order chi connectivity index (χ1) is 6.29. The van der Waals surface area contributed by atoms with Crippen LogP contribution in [-0.2, 0) is 0 Å². The minimum atomic E-state index is -0.0891. The van der Waals surface area contributed by atoms with Crippen LogP contribution >= 0.6 is 11.8 Å². The summed E-state index contributed by atoms with van der Waals surface area (Å²) in [7, 11) is 2.04. The quantitative estimate of drug-likeness (QED) is 0.680. The van der Waals surface area contributed by atoms with Gasteiger partial charge in [0.1, 0.15) is 5.82 Å². The number of benzene rings is 1. The summed E-state index contributed by atoms with van der Waals surface area (Å²) < 4.78 is 13.4. The second-order valence-corrected chi connectivity index (χ2v) is 4.41. The number of nitrogens with zero attached hydrogens (tertiary/aromatic N) is 1. The first-order valence-electron chi connectivity index (χ1n) is 4.35. The summed E-state index contributed by atoms with van der Waals surface area (Å²) in [6.07, 6.45) is 0. The van der Waals surface area contributed by atoms with Crippen molar-refractivity contribution < 1.29 is 4.39 Å². The molecule has 0 amide bonds. The van der Waals surface area contributed by atoms with Crippen LogP contribution in [0.5, 0.6) is 0 Å². The molecule has 1 saturated heterocycles. The van der Waals surface area contributed by atoms with Gasteiger partial charge in [-0.2, -0.15) is 0 Å². The monoisotopic (exact) mass is 197 g/mol. The molecule has 1 aromatic rings. The molecule has 0 saturated carbocycles. The smallest absolute Gasteiger partial charge is 0.128 e. The van der Waals surface area contributed by atoms with Crippen LogP contribution in [0.25, 0.3) is 0 Å². The first kappa shape index (κ1) is 9.03. The molecule has 1 aliphatic heterocycles. The van der Waals surface area contributed by atoms with Gasteiger partial charge in [0.25, 0.3) is 0 Å². The summed E-state index contributed by atoms with van der Waals surface area (Å²) in [6, 6.07) is 7.03. The van der Waals surface area contributed by atoms with Crippen molar-refractivity contribution >= 4 is 11.8 Å². The van der Waals surface area contributed by atoms with Crippen molar-refractivity contribution in [1.29, 1.82) is 0 Å². The van der Waals surface area contributed by atoms with Gasteiger partial charge in [-0.1, -0.05) is 18.2 Å². The fraction of sp³-hybridized carbons (Fsp3) is 0.400. The Hall–Kier alpha value is -0.540. The Bertz CT molecular complexity index is 303. The first-order valence-corrected chi connectivity index (χ1v) is 5.40. The summed E-state index contributed by atoms with van der Waals surface area (Å²) >= 11 is 1.80. The van der Waals surface area contributed by atoms with E-state index in [2.05, 4.69) is 4.90 Å². The van der Waals surface area contributed by atoms with Crippen molar-refractivity contribution in [3.63, 3.8) is 0 Å². The van der Waals surface area contributed by atoms with Gasteiger partial charge >= 0.3 is 0 Å². The minimum absolute atomic E-state index is 0.0891. The lowest BCUT2D eigenvalue weighted by molar-refractivity contribution is 0.351. The van der Waals surface area contributed by atoms with Crippen LogP contribution in [0.15, 0.2) is 24.3 Å². The average Bonchev–Trinajstić information content (AvgIpc) is 2.52. The molecule has 1 nitrogen and oxygen atoms in total. The molecule has 1 unspecified atom stereocenters. The van der Waals surface area contributed by atoms with Crippen molar-refractivity contribution in [3.05, 3.63) is 35.6 Å². The van der Waals surface area contributed by atoms with Gasteiger partial charge in [0.2, 0.25) is 0 Å². The van der Waals surface area contributed by atoms with E-state index in [1.54, 1.807) is 17.8 Å². The Kier molecular flexibility index (Phi) is 2.56. The summed E-state index contributed by atoms with van der Waals surface area (Å²) in [5.41, 5.74) is 0.813. The van der Waals surface area contributed by atoms with Crippen LogP contribution in [0.4, 0.5) is 4.39 Å². The van der Waals surface area contributed by atoms with Crippen LogP contribution in [0.2, 0.25) is 0 Å². The molecule has 1 aromatic carbocycles. The van der Waals surface area contributed by atoms with Crippen LogP contribution < -0.4 is 0 Å². The van der Waals surface area contributed by atoms with E-state index >= 15 is 0 Å². The standard InChI is InChI=1S/C10H12FNS/c1-12-6-7-13-10(12)8-4-2-3-5-9(8)11/h2-5,10H,6-7H2,1H3. The Morgan fingerprint density at radius 1 is 1.46 bits per heavy atom. The van der Waals surface area contributed by atoms with E-state index in [-0.39, 0.29) is 11.2 Å². The van der Waals surface area contributed by atoms with Crippen LogP contribution in [0.3, 0.4) is 0 Å². The van der Waals surface area contributed by atoms with Gasteiger partial charge < -0.3 is 0 Å². The van der Waals surface area contributed by atoms with Gasteiger partial charge in [0, 0.05) is 17.9 Å². The molecule has 1 atom stereocenters. The van der Waals surface area contributed by atoms with E-state index < -0.39 is 0 Å². The summed E-state index contributed by atoms with van der Waals surface area (Å²) in [6.45, 7) is 1.05. The third kappa shape index (κ3) is 1.71. The molecule has 0 aliphatic carbocycles. The van der Waals surface area contributed by atoms with E-state index in [1.807, 2.05) is 19.2 Å².